The SMILES string of the molecule is c1ccc(C2(c3ccccc3)c3ccccc3-c3ccc(N(c4ccccc4-c4ccc5ccc6c7ccccc7oc6c5c4)c4cccc5ccccc45)cc32)cc1. The van der Waals surface area contributed by atoms with Gasteiger partial charge in [0.2, 0.25) is 0 Å². The highest BCUT2D eigenvalue weighted by Crippen LogP contribution is 2.57. The van der Waals surface area contributed by atoms with Gasteiger partial charge in [0.25, 0.3) is 0 Å². The fraction of sp³-hybridized carbons (Fsp3) is 0.0175. The van der Waals surface area contributed by atoms with E-state index in [1.54, 1.807) is 0 Å². The van der Waals surface area contributed by atoms with E-state index in [4.69, 9.17) is 4.42 Å². The lowest BCUT2D eigenvalue weighted by Gasteiger charge is -2.35. The molecule has 0 unspecified atom stereocenters. The summed E-state index contributed by atoms with van der Waals surface area (Å²) >= 11 is 0. The second-order valence-electron chi connectivity index (χ2n) is 15.6. The van der Waals surface area contributed by atoms with Crippen molar-refractivity contribution >= 4 is 60.5 Å². The van der Waals surface area contributed by atoms with Crippen molar-refractivity contribution in [2.75, 3.05) is 4.90 Å². The van der Waals surface area contributed by atoms with Crippen LogP contribution in [0.2, 0.25) is 0 Å². The van der Waals surface area contributed by atoms with Crippen LogP contribution in [-0.2, 0) is 5.41 Å². The normalized spacial score (nSPS) is 12.9. The van der Waals surface area contributed by atoms with Crippen LogP contribution in [0.4, 0.5) is 17.1 Å². The maximum Gasteiger partial charge on any atom is 0.143 e. The summed E-state index contributed by atoms with van der Waals surface area (Å²) < 4.78 is 6.57. The van der Waals surface area contributed by atoms with Crippen molar-refractivity contribution in [3.8, 4) is 22.3 Å². The predicted octanol–water partition coefficient (Wildman–Crippen LogP) is 15.4. The van der Waals surface area contributed by atoms with Gasteiger partial charge in [-0.25, -0.2) is 0 Å². The third-order valence-corrected chi connectivity index (χ3v) is 12.5. The molecule has 0 fully saturated rings. The number of furan rings is 1. The molecule has 0 amide bonds. The van der Waals surface area contributed by atoms with Crippen LogP contribution < -0.4 is 4.90 Å². The molecule has 0 saturated heterocycles. The quantitative estimate of drug-likeness (QED) is 0.168. The van der Waals surface area contributed by atoms with Crippen LogP contribution in [0.1, 0.15) is 22.3 Å². The molecule has 10 aromatic carbocycles. The number of hydrogen-bond donors (Lipinski definition) is 0. The minimum atomic E-state index is -0.523. The van der Waals surface area contributed by atoms with Crippen molar-refractivity contribution in [2.24, 2.45) is 0 Å². The van der Waals surface area contributed by atoms with E-state index in [-0.39, 0.29) is 0 Å². The Bertz CT molecular complexity index is 3350. The summed E-state index contributed by atoms with van der Waals surface area (Å²) in [7, 11) is 0. The molecule has 12 rings (SSSR count). The average Bonchev–Trinajstić information content (AvgIpc) is 3.84. The molecule has 0 spiro atoms. The van der Waals surface area contributed by atoms with E-state index in [0.29, 0.717) is 0 Å². The van der Waals surface area contributed by atoms with Crippen molar-refractivity contribution in [1.29, 1.82) is 0 Å². The van der Waals surface area contributed by atoms with Gasteiger partial charge in [-0.15, -0.1) is 0 Å². The molecule has 59 heavy (non-hydrogen) atoms. The molecule has 276 valence electrons. The molecule has 0 atom stereocenters. The van der Waals surface area contributed by atoms with Gasteiger partial charge in [0.05, 0.1) is 16.8 Å². The lowest BCUT2D eigenvalue weighted by molar-refractivity contribution is 0.672. The summed E-state index contributed by atoms with van der Waals surface area (Å²) in [5.41, 5.74) is 14.5. The van der Waals surface area contributed by atoms with Gasteiger partial charge in [-0.1, -0.05) is 182 Å². The van der Waals surface area contributed by atoms with Gasteiger partial charge in [0.1, 0.15) is 11.2 Å². The second-order valence-corrected chi connectivity index (χ2v) is 15.6. The van der Waals surface area contributed by atoms with E-state index in [9.17, 15) is 0 Å². The van der Waals surface area contributed by atoms with Crippen LogP contribution in [0.5, 0.6) is 0 Å². The summed E-state index contributed by atoms with van der Waals surface area (Å²) in [6.45, 7) is 0. The van der Waals surface area contributed by atoms with Crippen LogP contribution in [0.25, 0.3) is 65.7 Å². The second kappa shape index (κ2) is 13.2. The molecule has 2 nitrogen and oxygen atoms in total. The maximum atomic E-state index is 6.57. The molecular formula is C57H37NO. The largest absolute Gasteiger partial charge is 0.455 e. The first-order chi connectivity index (χ1) is 29.3. The van der Waals surface area contributed by atoms with Gasteiger partial charge in [0, 0.05) is 32.8 Å². The van der Waals surface area contributed by atoms with Crippen molar-refractivity contribution < 1.29 is 4.42 Å². The van der Waals surface area contributed by atoms with E-state index in [1.807, 2.05) is 6.07 Å². The smallest absolute Gasteiger partial charge is 0.143 e. The van der Waals surface area contributed by atoms with E-state index in [2.05, 4.69) is 223 Å². The third-order valence-electron chi connectivity index (χ3n) is 12.5. The molecule has 1 aromatic heterocycles. The number of rotatable bonds is 6. The molecule has 0 N–H and O–H groups in total. The van der Waals surface area contributed by atoms with Gasteiger partial charge in [-0.3, -0.25) is 0 Å². The maximum absolute atomic E-state index is 6.57. The molecule has 11 aromatic rings. The summed E-state index contributed by atoms with van der Waals surface area (Å²) in [6.07, 6.45) is 0. The highest BCUT2D eigenvalue weighted by molar-refractivity contribution is 6.16. The first-order valence-corrected chi connectivity index (χ1v) is 20.3. The lowest BCUT2D eigenvalue weighted by atomic mass is 9.67. The topological polar surface area (TPSA) is 16.4 Å². The fourth-order valence-electron chi connectivity index (χ4n) is 9.97. The molecular weight excluding hydrogens is 715 g/mol. The molecule has 0 radical (unpaired) electrons. The number of para-hydroxylation sites is 2. The van der Waals surface area contributed by atoms with Crippen LogP contribution in [0.15, 0.2) is 229 Å². The molecule has 1 aliphatic carbocycles. The molecule has 0 bridgehead atoms. The van der Waals surface area contributed by atoms with Crippen molar-refractivity contribution in [2.45, 2.75) is 5.41 Å². The highest BCUT2D eigenvalue weighted by Gasteiger charge is 2.46. The Morgan fingerprint density at radius 2 is 0.966 bits per heavy atom. The van der Waals surface area contributed by atoms with Crippen LogP contribution >= 0.6 is 0 Å². The van der Waals surface area contributed by atoms with Gasteiger partial charge in [-0.2, -0.15) is 0 Å². The van der Waals surface area contributed by atoms with E-state index in [1.165, 1.54) is 44.2 Å². The fourth-order valence-corrected chi connectivity index (χ4v) is 9.97. The number of benzene rings is 10. The Morgan fingerprint density at radius 3 is 1.80 bits per heavy atom. The highest BCUT2D eigenvalue weighted by atomic mass is 16.3. The third kappa shape index (κ3) is 5.00. The number of fused-ring (bicyclic) bond motifs is 9. The summed E-state index contributed by atoms with van der Waals surface area (Å²) in [4.78, 5) is 2.48. The Morgan fingerprint density at radius 1 is 0.356 bits per heavy atom. The first-order valence-electron chi connectivity index (χ1n) is 20.3. The van der Waals surface area contributed by atoms with Crippen molar-refractivity contribution in [3.05, 3.63) is 247 Å². The Hall–Kier alpha value is -7.68. The number of nitrogens with zero attached hydrogens (tertiary/aromatic N) is 1. The Balaban J connectivity index is 1.13. The molecule has 1 aliphatic rings. The van der Waals surface area contributed by atoms with E-state index in [0.717, 1.165) is 60.9 Å². The van der Waals surface area contributed by atoms with Crippen LogP contribution in [-0.4, -0.2) is 0 Å². The summed E-state index contributed by atoms with van der Waals surface area (Å²) in [5, 5.41) is 6.91. The average molecular weight is 752 g/mol. The van der Waals surface area contributed by atoms with Crippen LogP contribution in [0, 0.1) is 0 Å². The van der Waals surface area contributed by atoms with Gasteiger partial charge < -0.3 is 9.32 Å². The Labute approximate surface area is 342 Å². The van der Waals surface area contributed by atoms with E-state index < -0.39 is 5.41 Å². The minimum Gasteiger partial charge on any atom is -0.455 e. The Kier molecular flexibility index (Phi) is 7.48. The van der Waals surface area contributed by atoms with Crippen LogP contribution in [0.3, 0.4) is 0 Å². The zero-order valence-corrected chi connectivity index (χ0v) is 32.2. The summed E-state index contributed by atoms with van der Waals surface area (Å²) in [6, 6.07) is 82.0. The zero-order chi connectivity index (χ0) is 38.9. The summed E-state index contributed by atoms with van der Waals surface area (Å²) in [5.74, 6) is 0. The first kappa shape index (κ1) is 33.5. The van der Waals surface area contributed by atoms with Gasteiger partial charge in [0.15, 0.2) is 0 Å². The zero-order valence-electron chi connectivity index (χ0n) is 32.2. The molecule has 1 heterocycles. The van der Waals surface area contributed by atoms with Gasteiger partial charge >= 0.3 is 0 Å². The molecule has 0 saturated carbocycles. The lowest BCUT2D eigenvalue weighted by Crippen LogP contribution is -2.28. The van der Waals surface area contributed by atoms with Crippen molar-refractivity contribution in [1.82, 2.24) is 0 Å². The van der Waals surface area contributed by atoms with Gasteiger partial charge in [-0.05, 0) is 92.2 Å². The standard InChI is InChI=1S/C57H37NO/c1-3-18-41(19-4-1)57(42-20-5-2-6-21-42)51-26-12-9-24-46(51)47-35-33-43(37-52(47)57)58(54-28-15-17-38-16-7-8-22-44(38)54)53-27-13-10-23-45(53)40-31-30-39-32-34-49-48-25-11-14-29-55(48)59-56(49)50(39)36-40/h1-37H. The monoisotopic (exact) mass is 751 g/mol. The van der Waals surface area contributed by atoms with Crippen molar-refractivity contribution in [3.63, 3.8) is 0 Å². The molecule has 0 aliphatic heterocycles. The molecule has 2 heteroatoms. The number of anilines is 3. The number of hydrogen-bond acceptors (Lipinski definition) is 2. The predicted molar refractivity (Wildman–Crippen MR) is 246 cm³/mol. The van der Waals surface area contributed by atoms with E-state index >= 15 is 0 Å². The minimum absolute atomic E-state index is 0.523.